The summed E-state index contributed by atoms with van der Waals surface area (Å²) in [5.41, 5.74) is 0. The summed E-state index contributed by atoms with van der Waals surface area (Å²) in [4.78, 5) is 4.11. The van der Waals surface area contributed by atoms with Crippen molar-refractivity contribution in [3.63, 3.8) is 0 Å². The summed E-state index contributed by atoms with van der Waals surface area (Å²) in [5, 5.41) is 6.93. The van der Waals surface area contributed by atoms with Gasteiger partial charge in [0, 0.05) is 20.7 Å². The Kier molecular flexibility index (Phi) is 7.84. The monoisotopic (exact) mass is 299 g/mol. The molecule has 1 unspecified atom stereocenters. The van der Waals surface area contributed by atoms with Gasteiger partial charge in [-0.15, -0.1) is 0 Å². The molecule has 0 spiro atoms. The molecule has 0 fully saturated rings. The quantitative estimate of drug-likeness (QED) is 0.459. The number of para-hydroxylation sites is 1. The minimum absolute atomic E-state index is 0.0316. The van der Waals surface area contributed by atoms with Crippen molar-refractivity contribution in [3.05, 3.63) is 29.3 Å². The third-order valence-corrected chi connectivity index (χ3v) is 2.86. The van der Waals surface area contributed by atoms with Crippen molar-refractivity contribution in [2.45, 2.75) is 13.0 Å². The highest BCUT2D eigenvalue weighted by Gasteiger charge is 2.07. The Balaban J connectivity index is 2.35. The molecule has 0 aromatic heterocycles. The second-order valence-corrected chi connectivity index (χ2v) is 4.64. The summed E-state index contributed by atoms with van der Waals surface area (Å²) >= 11 is 6.05. The number of halogens is 1. The molecular formula is C14H22ClN3O2. The fourth-order valence-electron chi connectivity index (χ4n) is 1.53. The summed E-state index contributed by atoms with van der Waals surface area (Å²) in [6.45, 7) is 3.93. The van der Waals surface area contributed by atoms with Gasteiger partial charge in [0.25, 0.3) is 0 Å². The Hall–Kier alpha value is -1.46. The van der Waals surface area contributed by atoms with Gasteiger partial charge >= 0.3 is 0 Å². The minimum atomic E-state index is -0.0316. The fraction of sp³-hybridized carbons (Fsp3) is 0.500. The van der Waals surface area contributed by atoms with Crippen LogP contribution in [0.5, 0.6) is 5.75 Å². The number of ether oxygens (including phenoxy) is 2. The summed E-state index contributed by atoms with van der Waals surface area (Å²) in [6.07, 6.45) is -0.0316. The van der Waals surface area contributed by atoms with E-state index in [2.05, 4.69) is 15.6 Å². The molecule has 20 heavy (non-hydrogen) atoms. The molecule has 0 amide bonds. The highest BCUT2D eigenvalue weighted by molar-refractivity contribution is 6.32. The number of aliphatic imine (C=N–C) groups is 1. The molecule has 1 atom stereocenters. The van der Waals surface area contributed by atoms with E-state index in [4.69, 9.17) is 21.1 Å². The molecule has 5 nitrogen and oxygen atoms in total. The first-order valence-electron chi connectivity index (χ1n) is 6.52. The molecule has 1 aromatic rings. The van der Waals surface area contributed by atoms with E-state index >= 15 is 0 Å². The van der Waals surface area contributed by atoms with Gasteiger partial charge in [0.2, 0.25) is 0 Å². The lowest BCUT2D eigenvalue weighted by Crippen LogP contribution is -2.42. The zero-order chi connectivity index (χ0) is 14.8. The molecule has 0 aliphatic carbocycles. The molecule has 2 N–H and O–H groups in total. The van der Waals surface area contributed by atoms with E-state index in [-0.39, 0.29) is 6.10 Å². The summed E-state index contributed by atoms with van der Waals surface area (Å²) in [7, 11) is 3.39. The molecule has 112 valence electrons. The smallest absolute Gasteiger partial charge is 0.191 e. The third kappa shape index (κ3) is 6.12. The van der Waals surface area contributed by atoms with E-state index in [1.165, 1.54) is 0 Å². The first-order chi connectivity index (χ1) is 9.67. The lowest BCUT2D eigenvalue weighted by molar-refractivity contribution is 0.203. The van der Waals surface area contributed by atoms with Crippen LogP contribution in [0.4, 0.5) is 0 Å². The molecule has 0 heterocycles. The number of rotatable bonds is 7. The van der Waals surface area contributed by atoms with E-state index in [1.807, 2.05) is 31.2 Å². The first kappa shape index (κ1) is 16.6. The number of hydrogen-bond acceptors (Lipinski definition) is 3. The zero-order valence-corrected chi connectivity index (χ0v) is 12.9. The van der Waals surface area contributed by atoms with Crippen molar-refractivity contribution in [2.24, 2.45) is 4.99 Å². The van der Waals surface area contributed by atoms with E-state index in [0.717, 1.165) is 5.96 Å². The van der Waals surface area contributed by atoms with Gasteiger partial charge in [-0.05, 0) is 19.1 Å². The first-order valence-corrected chi connectivity index (χ1v) is 6.89. The maximum atomic E-state index is 6.05. The molecule has 0 bridgehead atoms. The zero-order valence-electron chi connectivity index (χ0n) is 12.1. The summed E-state index contributed by atoms with van der Waals surface area (Å²) in [5.74, 6) is 1.41. The normalized spacial score (nSPS) is 12.9. The van der Waals surface area contributed by atoms with Gasteiger partial charge in [-0.2, -0.15) is 0 Å². The average Bonchev–Trinajstić information content (AvgIpc) is 2.45. The molecule has 1 aromatic carbocycles. The Bertz CT molecular complexity index is 427. The predicted octanol–water partition coefficient (Wildman–Crippen LogP) is 1.92. The maximum absolute atomic E-state index is 6.05. The Labute approximate surface area is 125 Å². The minimum Gasteiger partial charge on any atom is -0.487 e. The van der Waals surface area contributed by atoms with E-state index < -0.39 is 0 Å². The number of benzene rings is 1. The molecule has 6 heteroatoms. The topological polar surface area (TPSA) is 54.9 Å². The predicted molar refractivity (Wildman–Crippen MR) is 82.8 cm³/mol. The van der Waals surface area contributed by atoms with Gasteiger partial charge in [0.05, 0.1) is 18.2 Å². The number of methoxy groups -OCH3 is 1. The second-order valence-electron chi connectivity index (χ2n) is 4.23. The lowest BCUT2D eigenvalue weighted by Gasteiger charge is -2.18. The molecule has 0 saturated heterocycles. The van der Waals surface area contributed by atoms with Crippen LogP contribution in [-0.4, -0.2) is 45.9 Å². The number of hydrogen-bond donors (Lipinski definition) is 2. The van der Waals surface area contributed by atoms with Crippen molar-refractivity contribution < 1.29 is 9.47 Å². The van der Waals surface area contributed by atoms with Crippen LogP contribution in [0.25, 0.3) is 0 Å². The molecule has 0 aliphatic heterocycles. The van der Waals surface area contributed by atoms with Crippen molar-refractivity contribution in [3.8, 4) is 5.75 Å². The lowest BCUT2D eigenvalue weighted by atomic mass is 10.3. The largest absolute Gasteiger partial charge is 0.487 e. The van der Waals surface area contributed by atoms with Crippen molar-refractivity contribution in [1.29, 1.82) is 0 Å². The van der Waals surface area contributed by atoms with Crippen molar-refractivity contribution in [1.82, 2.24) is 10.6 Å². The third-order valence-electron chi connectivity index (χ3n) is 2.54. The van der Waals surface area contributed by atoms with E-state index in [0.29, 0.717) is 30.5 Å². The second kappa shape index (κ2) is 9.44. The van der Waals surface area contributed by atoms with Crippen molar-refractivity contribution >= 4 is 17.6 Å². The maximum Gasteiger partial charge on any atom is 0.191 e. The SMILES string of the molecule is CN=C(NCCOC)NCC(C)Oc1ccccc1Cl. The number of guanidine groups is 1. The van der Waals surface area contributed by atoms with Gasteiger partial charge in [0.1, 0.15) is 11.9 Å². The van der Waals surface area contributed by atoms with E-state index in [9.17, 15) is 0 Å². The highest BCUT2D eigenvalue weighted by Crippen LogP contribution is 2.23. The number of nitrogens with zero attached hydrogens (tertiary/aromatic N) is 1. The van der Waals surface area contributed by atoms with Crippen LogP contribution < -0.4 is 15.4 Å². The molecule has 1 rings (SSSR count). The molecular weight excluding hydrogens is 278 g/mol. The van der Waals surface area contributed by atoms with Gasteiger partial charge in [0.15, 0.2) is 5.96 Å². The van der Waals surface area contributed by atoms with Crippen LogP contribution in [0, 0.1) is 0 Å². The summed E-state index contributed by atoms with van der Waals surface area (Å²) in [6, 6.07) is 7.43. The molecule has 0 radical (unpaired) electrons. The fourth-order valence-corrected chi connectivity index (χ4v) is 1.71. The molecule has 0 saturated carbocycles. The Morgan fingerprint density at radius 1 is 1.35 bits per heavy atom. The van der Waals surface area contributed by atoms with Crippen molar-refractivity contribution in [2.75, 3.05) is 33.9 Å². The van der Waals surface area contributed by atoms with Crippen LogP contribution in [0.2, 0.25) is 5.02 Å². The van der Waals surface area contributed by atoms with Crippen LogP contribution in [-0.2, 0) is 4.74 Å². The van der Waals surface area contributed by atoms with Crippen LogP contribution >= 0.6 is 11.6 Å². The number of nitrogens with one attached hydrogen (secondary N) is 2. The van der Waals surface area contributed by atoms with Gasteiger partial charge in [-0.1, -0.05) is 23.7 Å². The average molecular weight is 300 g/mol. The summed E-state index contributed by atoms with van der Waals surface area (Å²) < 4.78 is 10.7. The molecule has 0 aliphatic rings. The van der Waals surface area contributed by atoms with Crippen LogP contribution in [0.1, 0.15) is 6.92 Å². The highest BCUT2D eigenvalue weighted by atomic mass is 35.5. The van der Waals surface area contributed by atoms with Crippen LogP contribution in [0.15, 0.2) is 29.3 Å². The van der Waals surface area contributed by atoms with Gasteiger partial charge < -0.3 is 20.1 Å². The Morgan fingerprint density at radius 2 is 2.10 bits per heavy atom. The van der Waals surface area contributed by atoms with E-state index in [1.54, 1.807) is 14.2 Å². The van der Waals surface area contributed by atoms with Gasteiger partial charge in [-0.3, -0.25) is 4.99 Å². The van der Waals surface area contributed by atoms with Crippen LogP contribution in [0.3, 0.4) is 0 Å². The Morgan fingerprint density at radius 3 is 2.75 bits per heavy atom. The standard InChI is InChI=1S/C14H22ClN3O2/c1-11(20-13-7-5-4-6-12(13)15)10-18-14(16-2)17-8-9-19-3/h4-7,11H,8-10H2,1-3H3,(H2,16,17,18). The van der Waals surface area contributed by atoms with Gasteiger partial charge in [-0.25, -0.2) is 0 Å².